The Bertz CT molecular complexity index is 508. The standard InChI is InChI=1S/C16H23N3O2/c1-12-4-3-5-14(10-12)18-16(21)15(20)17-11-13-6-8-19(2)9-7-13/h3-5,10,13H,6-9,11H2,1-2H3,(H,17,20)(H,18,21). The van der Waals surface area contributed by atoms with Gasteiger partial charge in [0.25, 0.3) is 0 Å². The van der Waals surface area contributed by atoms with Crippen LogP contribution >= 0.6 is 0 Å². The van der Waals surface area contributed by atoms with Gasteiger partial charge in [-0.3, -0.25) is 9.59 Å². The van der Waals surface area contributed by atoms with E-state index < -0.39 is 11.8 Å². The van der Waals surface area contributed by atoms with Crippen molar-refractivity contribution < 1.29 is 9.59 Å². The minimum Gasteiger partial charge on any atom is -0.348 e. The van der Waals surface area contributed by atoms with Crippen LogP contribution < -0.4 is 10.6 Å². The number of anilines is 1. The zero-order valence-electron chi connectivity index (χ0n) is 12.7. The summed E-state index contributed by atoms with van der Waals surface area (Å²) in [7, 11) is 2.10. The normalized spacial score (nSPS) is 16.5. The average Bonchev–Trinajstić information content (AvgIpc) is 2.46. The van der Waals surface area contributed by atoms with Gasteiger partial charge in [-0.05, 0) is 63.5 Å². The molecule has 0 atom stereocenters. The maximum absolute atomic E-state index is 11.8. The number of hydrogen-bond acceptors (Lipinski definition) is 3. The Kier molecular flexibility index (Phi) is 5.33. The zero-order valence-corrected chi connectivity index (χ0v) is 12.7. The first-order chi connectivity index (χ1) is 10.0. The Morgan fingerprint density at radius 3 is 2.62 bits per heavy atom. The second kappa shape index (κ2) is 7.22. The van der Waals surface area contributed by atoms with Crippen LogP contribution in [-0.4, -0.2) is 43.4 Å². The molecule has 1 heterocycles. The quantitative estimate of drug-likeness (QED) is 0.827. The van der Waals surface area contributed by atoms with Crippen LogP contribution in [0.1, 0.15) is 18.4 Å². The van der Waals surface area contributed by atoms with Crippen LogP contribution in [0.25, 0.3) is 0 Å². The van der Waals surface area contributed by atoms with Crippen LogP contribution in [0.3, 0.4) is 0 Å². The van der Waals surface area contributed by atoms with E-state index in [2.05, 4.69) is 22.6 Å². The molecule has 1 saturated heterocycles. The number of hydrogen-bond donors (Lipinski definition) is 2. The predicted molar refractivity (Wildman–Crippen MR) is 83.0 cm³/mol. The molecule has 0 aliphatic carbocycles. The highest BCUT2D eigenvalue weighted by Gasteiger charge is 2.19. The second-order valence-electron chi connectivity index (χ2n) is 5.78. The maximum Gasteiger partial charge on any atom is 0.313 e. The molecule has 5 nitrogen and oxygen atoms in total. The van der Waals surface area contributed by atoms with E-state index in [-0.39, 0.29) is 0 Å². The van der Waals surface area contributed by atoms with Gasteiger partial charge < -0.3 is 15.5 Å². The molecular weight excluding hydrogens is 266 g/mol. The van der Waals surface area contributed by atoms with Crippen molar-refractivity contribution in [3.8, 4) is 0 Å². The average molecular weight is 289 g/mol. The summed E-state index contributed by atoms with van der Waals surface area (Å²) in [6, 6.07) is 7.40. The Morgan fingerprint density at radius 1 is 1.24 bits per heavy atom. The molecule has 1 aromatic carbocycles. The smallest absolute Gasteiger partial charge is 0.313 e. The molecule has 0 unspecified atom stereocenters. The van der Waals surface area contributed by atoms with Gasteiger partial charge in [0.1, 0.15) is 0 Å². The molecule has 1 aliphatic rings. The lowest BCUT2D eigenvalue weighted by atomic mass is 9.97. The molecule has 0 aromatic heterocycles. The molecule has 2 amide bonds. The third-order valence-electron chi connectivity index (χ3n) is 3.87. The number of benzene rings is 1. The lowest BCUT2D eigenvalue weighted by Crippen LogP contribution is -2.41. The summed E-state index contributed by atoms with van der Waals surface area (Å²) in [6.07, 6.45) is 2.13. The van der Waals surface area contributed by atoms with E-state index in [1.165, 1.54) is 0 Å². The van der Waals surface area contributed by atoms with Crippen molar-refractivity contribution in [1.82, 2.24) is 10.2 Å². The van der Waals surface area contributed by atoms with Crippen LogP contribution in [0.2, 0.25) is 0 Å². The number of carbonyl (C=O) groups excluding carboxylic acids is 2. The van der Waals surface area contributed by atoms with Crippen molar-refractivity contribution >= 4 is 17.5 Å². The van der Waals surface area contributed by atoms with Crippen molar-refractivity contribution in [1.29, 1.82) is 0 Å². The molecule has 0 radical (unpaired) electrons. The summed E-state index contributed by atoms with van der Waals surface area (Å²) in [5.41, 5.74) is 1.69. The zero-order chi connectivity index (χ0) is 15.2. The number of carbonyl (C=O) groups is 2. The Hall–Kier alpha value is -1.88. The molecule has 1 aliphatic heterocycles. The third kappa shape index (κ3) is 4.86. The van der Waals surface area contributed by atoms with Gasteiger partial charge in [-0.1, -0.05) is 12.1 Å². The van der Waals surface area contributed by atoms with Crippen LogP contribution in [-0.2, 0) is 9.59 Å². The molecule has 1 fully saturated rings. The van der Waals surface area contributed by atoms with Crippen LogP contribution in [0.15, 0.2) is 24.3 Å². The van der Waals surface area contributed by atoms with Crippen molar-refractivity contribution in [2.24, 2.45) is 5.92 Å². The fraction of sp³-hybridized carbons (Fsp3) is 0.500. The number of nitrogens with zero attached hydrogens (tertiary/aromatic N) is 1. The fourth-order valence-corrected chi connectivity index (χ4v) is 2.49. The Morgan fingerprint density at radius 2 is 1.95 bits per heavy atom. The molecule has 0 bridgehead atoms. The van der Waals surface area contributed by atoms with Gasteiger partial charge in [0, 0.05) is 12.2 Å². The minimum atomic E-state index is -0.603. The molecule has 114 valence electrons. The molecule has 2 N–H and O–H groups in total. The highest BCUT2D eigenvalue weighted by Crippen LogP contribution is 2.14. The topological polar surface area (TPSA) is 61.4 Å². The Labute approximate surface area is 125 Å². The number of likely N-dealkylation sites (tertiary alicyclic amines) is 1. The van der Waals surface area contributed by atoms with E-state index in [1.807, 2.05) is 25.1 Å². The summed E-state index contributed by atoms with van der Waals surface area (Å²) >= 11 is 0. The molecule has 0 saturated carbocycles. The van der Waals surface area contributed by atoms with Crippen molar-refractivity contribution in [3.63, 3.8) is 0 Å². The van der Waals surface area contributed by atoms with Gasteiger partial charge in [-0.2, -0.15) is 0 Å². The number of rotatable bonds is 3. The van der Waals surface area contributed by atoms with Gasteiger partial charge in [0.15, 0.2) is 0 Å². The first-order valence-corrected chi connectivity index (χ1v) is 7.39. The first-order valence-electron chi connectivity index (χ1n) is 7.39. The number of amides is 2. The van der Waals surface area contributed by atoms with Crippen molar-refractivity contribution in [2.75, 3.05) is 32.0 Å². The monoisotopic (exact) mass is 289 g/mol. The van der Waals surface area contributed by atoms with Crippen molar-refractivity contribution in [3.05, 3.63) is 29.8 Å². The fourth-order valence-electron chi connectivity index (χ4n) is 2.49. The summed E-state index contributed by atoms with van der Waals surface area (Å²) in [4.78, 5) is 25.9. The largest absolute Gasteiger partial charge is 0.348 e. The lowest BCUT2D eigenvalue weighted by Gasteiger charge is -2.28. The summed E-state index contributed by atoms with van der Waals surface area (Å²) in [5.74, 6) is -0.694. The Balaban J connectivity index is 1.76. The van der Waals surface area contributed by atoms with E-state index in [0.717, 1.165) is 31.5 Å². The van der Waals surface area contributed by atoms with E-state index in [4.69, 9.17) is 0 Å². The maximum atomic E-state index is 11.8. The number of nitrogens with one attached hydrogen (secondary N) is 2. The van der Waals surface area contributed by atoms with Gasteiger partial charge in [0.05, 0.1) is 0 Å². The van der Waals surface area contributed by atoms with E-state index in [0.29, 0.717) is 18.2 Å². The number of aryl methyl sites for hydroxylation is 1. The molecule has 2 rings (SSSR count). The summed E-state index contributed by atoms with van der Waals surface area (Å²) in [5, 5.41) is 5.35. The molecule has 21 heavy (non-hydrogen) atoms. The van der Waals surface area contributed by atoms with Gasteiger partial charge in [0.2, 0.25) is 0 Å². The molecule has 5 heteroatoms. The van der Waals surface area contributed by atoms with Crippen LogP contribution in [0.5, 0.6) is 0 Å². The minimum absolute atomic E-state index is 0.469. The molecule has 0 spiro atoms. The van der Waals surface area contributed by atoms with Crippen molar-refractivity contribution in [2.45, 2.75) is 19.8 Å². The van der Waals surface area contributed by atoms with E-state index in [1.54, 1.807) is 6.07 Å². The summed E-state index contributed by atoms with van der Waals surface area (Å²) < 4.78 is 0. The van der Waals surface area contributed by atoms with Gasteiger partial charge >= 0.3 is 11.8 Å². The molecule has 1 aromatic rings. The lowest BCUT2D eigenvalue weighted by molar-refractivity contribution is -0.136. The second-order valence-corrected chi connectivity index (χ2v) is 5.78. The summed E-state index contributed by atoms with van der Waals surface area (Å²) in [6.45, 7) is 4.62. The molecular formula is C16H23N3O2. The van der Waals surface area contributed by atoms with Gasteiger partial charge in [-0.25, -0.2) is 0 Å². The van der Waals surface area contributed by atoms with E-state index in [9.17, 15) is 9.59 Å². The first kappa shape index (κ1) is 15.5. The van der Waals surface area contributed by atoms with Crippen LogP contribution in [0, 0.1) is 12.8 Å². The SMILES string of the molecule is Cc1cccc(NC(=O)C(=O)NCC2CCN(C)CC2)c1. The highest BCUT2D eigenvalue weighted by atomic mass is 16.2. The highest BCUT2D eigenvalue weighted by molar-refractivity contribution is 6.39. The van der Waals surface area contributed by atoms with E-state index >= 15 is 0 Å². The third-order valence-corrected chi connectivity index (χ3v) is 3.87. The van der Waals surface area contributed by atoms with Crippen LogP contribution in [0.4, 0.5) is 5.69 Å². The predicted octanol–water partition coefficient (Wildman–Crippen LogP) is 1.39. The number of piperidine rings is 1. The van der Waals surface area contributed by atoms with Gasteiger partial charge in [-0.15, -0.1) is 0 Å².